The SMILES string of the molecule is O=C(OCc1cccc(CN(c2ccc3[nH]ccc3c2)C2CCNCC2)c1)C(F)(F)F. The zero-order valence-electron chi connectivity index (χ0n) is 16.9. The van der Waals surface area contributed by atoms with Crippen LogP contribution in [0.25, 0.3) is 10.9 Å². The van der Waals surface area contributed by atoms with Crippen molar-refractivity contribution in [1.82, 2.24) is 10.3 Å². The second-order valence-electron chi connectivity index (χ2n) is 7.75. The van der Waals surface area contributed by atoms with Gasteiger partial charge in [-0.1, -0.05) is 24.3 Å². The number of alkyl halides is 3. The summed E-state index contributed by atoms with van der Waals surface area (Å²) in [6, 6.07) is 15.9. The molecule has 3 aromatic rings. The van der Waals surface area contributed by atoms with E-state index in [-0.39, 0.29) is 0 Å². The van der Waals surface area contributed by atoms with E-state index in [4.69, 9.17) is 0 Å². The molecule has 5 nitrogen and oxygen atoms in total. The molecule has 4 rings (SSSR count). The predicted molar refractivity (Wildman–Crippen MR) is 113 cm³/mol. The number of H-pyrrole nitrogens is 1. The molecule has 1 aliphatic heterocycles. The molecular formula is C23H24F3N3O2. The molecule has 1 fully saturated rings. The lowest BCUT2D eigenvalue weighted by Crippen LogP contribution is -2.43. The predicted octanol–water partition coefficient (Wildman–Crippen LogP) is 4.53. The number of nitrogens with one attached hydrogen (secondary N) is 2. The third kappa shape index (κ3) is 5.19. The van der Waals surface area contributed by atoms with E-state index in [1.807, 2.05) is 18.3 Å². The number of carbonyl (C=O) groups excluding carboxylic acids is 1. The van der Waals surface area contributed by atoms with Crippen LogP contribution in [0.3, 0.4) is 0 Å². The molecule has 1 saturated heterocycles. The molecule has 1 aromatic heterocycles. The number of nitrogens with zero attached hydrogens (tertiary/aromatic N) is 1. The number of hydrogen-bond acceptors (Lipinski definition) is 4. The van der Waals surface area contributed by atoms with E-state index in [0.717, 1.165) is 48.1 Å². The maximum atomic E-state index is 12.4. The van der Waals surface area contributed by atoms with Gasteiger partial charge >= 0.3 is 12.1 Å². The number of fused-ring (bicyclic) bond motifs is 1. The number of aromatic amines is 1. The van der Waals surface area contributed by atoms with Crippen molar-refractivity contribution in [3.63, 3.8) is 0 Å². The summed E-state index contributed by atoms with van der Waals surface area (Å²) in [5, 5.41) is 4.52. The van der Waals surface area contributed by atoms with Crippen LogP contribution in [-0.2, 0) is 22.7 Å². The molecule has 0 saturated carbocycles. The number of ether oxygens (including phenoxy) is 1. The third-order valence-electron chi connectivity index (χ3n) is 5.56. The Hall–Kier alpha value is -3.00. The standard InChI is InChI=1S/C23H24F3N3O2/c24-23(25,26)22(30)31-15-17-3-1-2-16(12-17)14-29(19-7-9-27-10-8-19)20-4-5-21-18(13-20)6-11-28-21/h1-6,11-13,19,27-28H,7-10,14-15H2. The molecule has 0 atom stereocenters. The highest BCUT2D eigenvalue weighted by molar-refractivity contribution is 5.83. The van der Waals surface area contributed by atoms with Gasteiger partial charge in [-0.2, -0.15) is 13.2 Å². The first kappa shape index (κ1) is 21.2. The summed E-state index contributed by atoms with van der Waals surface area (Å²) >= 11 is 0. The topological polar surface area (TPSA) is 57.4 Å². The van der Waals surface area contributed by atoms with Gasteiger partial charge in [0.15, 0.2) is 0 Å². The summed E-state index contributed by atoms with van der Waals surface area (Å²) in [5.74, 6) is -2.17. The average Bonchev–Trinajstić information content (AvgIpc) is 3.24. The fourth-order valence-corrected chi connectivity index (χ4v) is 4.01. The number of esters is 1. The average molecular weight is 431 g/mol. The number of halogens is 3. The van der Waals surface area contributed by atoms with Gasteiger partial charge in [-0.25, -0.2) is 4.79 Å². The van der Waals surface area contributed by atoms with Crippen molar-refractivity contribution in [2.24, 2.45) is 0 Å². The van der Waals surface area contributed by atoms with Crippen molar-refractivity contribution in [1.29, 1.82) is 0 Å². The second kappa shape index (κ2) is 9.01. The van der Waals surface area contributed by atoms with E-state index in [9.17, 15) is 18.0 Å². The highest BCUT2D eigenvalue weighted by Crippen LogP contribution is 2.28. The molecule has 0 amide bonds. The van der Waals surface area contributed by atoms with Crippen molar-refractivity contribution in [3.8, 4) is 0 Å². The second-order valence-corrected chi connectivity index (χ2v) is 7.75. The van der Waals surface area contributed by atoms with Gasteiger partial charge < -0.3 is 19.9 Å². The number of aromatic nitrogens is 1. The summed E-state index contributed by atoms with van der Waals surface area (Å²) in [7, 11) is 0. The Kier molecular flexibility index (Phi) is 6.18. The molecule has 8 heteroatoms. The summed E-state index contributed by atoms with van der Waals surface area (Å²) in [5.41, 5.74) is 3.66. The largest absolute Gasteiger partial charge is 0.490 e. The smallest absolute Gasteiger partial charge is 0.454 e. The molecule has 0 aliphatic carbocycles. The van der Waals surface area contributed by atoms with Crippen molar-refractivity contribution in [2.45, 2.75) is 38.2 Å². The molecule has 2 aromatic carbocycles. The third-order valence-corrected chi connectivity index (χ3v) is 5.56. The first-order valence-corrected chi connectivity index (χ1v) is 10.3. The molecule has 0 radical (unpaired) electrons. The monoisotopic (exact) mass is 431 g/mol. The van der Waals surface area contributed by atoms with E-state index in [1.54, 1.807) is 18.2 Å². The number of hydrogen-bond donors (Lipinski definition) is 2. The lowest BCUT2D eigenvalue weighted by atomic mass is 10.0. The Bertz CT molecular complexity index is 1040. The van der Waals surface area contributed by atoms with Crippen LogP contribution < -0.4 is 10.2 Å². The zero-order chi connectivity index (χ0) is 21.8. The van der Waals surface area contributed by atoms with E-state index >= 15 is 0 Å². The van der Waals surface area contributed by atoms with Crippen molar-refractivity contribution >= 4 is 22.6 Å². The van der Waals surface area contributed by atoms with Gasteiger partial charge in [-0.05, 0) is 61.3 Å². The molecular weight excluding hydrogens is 407 g/mol. The van der Waals surface area contributed by atoms with Crippen LogP contribution in [0, 0.1) is 0 Å². The molecule has 0 bridgehead atoms. The van der Waals surface area contributed by atoms with Gasteiger partial charge in [0.1, 0.15) is 6.61 Å². The van der Waals surface area contributed by atoms with Crippen LogP contribution in [0.2, 0.25) is 0 Å². The number of rotatable bonds is 6. The molecule has 0 spiro atoms. The quantitative estimate of drug-likeness (QED) is 0.563. The van der Waals surface area contributed by atoms with E-state index in [0.29, 0.717) is 18.2 Å². The van der Waals surface area contributed by atoms with Crippen LogP contribution in [0.1, 0.15) is 24.0 Å². The fourth-order valence-electron chi connectivity index (χ4n) is 4.01. The van der Waals surface area contributed by atoms with Crippen LogP contribution in [0.4, 0.5) is 18.9 Å². The Labute approximate surface area is 178 Å². The Morgan fingerprint density at radius 3 is 2.61 bits per heavy atom. The van der Waals surface area contributed by atoms with Gasteiger partial charge in [0, 0.05) is 35.4 Å². The Morgan fingerprint density at radius 2 is 1.84 bits per heavy atom. The van der Waals surface area contributed by atoms with Crippen LogP contribution in [-0.4, -0.2) is 36.3 Å². The number of anilines is 1. The van der Waals surface area contributed by atoms with Gasteiger partial charge in [0.25, 0.3) is 0 Å². The maximum Gasteiger partial charge on any atom is 0.490 e. The summed E-state index contributed by atoms with van der Waals surface area (Å²) in [6.07, 6.45) is -1.06. The van der Waals surface area contributed by atoms with Gasteiger partial charge in [0.2, 0.25) is 0 Å². The number of carbonyl (C=O) groups is 1. The van der Waals surface area contributed by atoms with Crippen LogP contribution in [0.5, 0.6) is 0 Å². The van der Waals surface area contributed by atoms with Crippen LogP contribution >= 0.6 is 0 Å². The van der Waals surface area contributed by atoms with Gasteiger partial charge in [-0.15, -0.1) is 0 Å². The van der Waals surface area contributed by atoms with Crippen molar-refractivity contribution < 1.29 is 22.7 Å². The Morgan fingerprint density at radius 1 is 1.06 bits per heavy atom. The highest BCUT2D eigenvalue weighted by Gasteiger charge is 2.40. The molecule has 2 N–H and O–H groups in total. The molecule has 164 valence electrons. The highest BCUT2D eigenvalue weighted by atomic mass is 19.4. The van der Waals surface area contributed by atoms with Crippen molar-refractivity contribution in [2.75, 3.05) is 18.0 Å². The minimum absolute atomic E-state index is 0.351. The minimum atomic E-state index is -4.99. The maximum absolute atomic E-state index is 12.4. The number of benzene rings is 2. The molecule has 1 aliphatic rings. The molecule has 0 unspecified atom stereocenters. The van der Waals surface area contributed by atoms with E-state index < -0.39 is 18.8 Å². The van der Waals surface area contributed by atoms with E-state index in [2.05, 4.69) is 38.1 Å². The van der Waals surface area contributed by atoms with Gasteiger partial charge in [-0.3, -0.25) is 0 Å². The summed E-state index contributed by atoms with van der Waals surface area (Å²) < 4.78 is 41.6. The Balaban J connectivity index is 1.54. The molecule has 2 heterocycles. The van der Waals surface area contributed by atoms with Crippen molar-refractivity contribution in [3.05, 3.63) is 65.9 Å². The summed E-state index contributed by atoms with van der Waals surface area (Å²) in [4.78, 5) is 16.6. The minimum Gasteiger partial charge on any atom is -0.454 e. The van der Waals surface area contributed by atoms with E-state index in [1.165, 1.54) is 0 Å². The fraction of sp³-hybridized carbons (Fsp3) is 0.348. The summed E-state index contributed by atoms with van der Waals surface area (Å²) in [6.45, 7) is 2.10. The first-order chi connectivity index (χ1) is 14.9. The van der Waals surface area contributed by atoms with Gasteiger partial charge in [0.05, 0.1) is 0 Å². The number of piperidine rings is 1. The lowest BCUT2D eigenvalue weighted by Gasteiger charge is -2.36. The normalized spacial score (nSPS) is 15.2. The zero-order valence-corrected chi connectivity index (χ0v) is 16.9. The lowest BCUT2D eigenvalue weighted by molar-refractivity contribution is -0.201. The van der Waals surface area contributed by atoms with Crippen LogP contribution in [0.15, 0.2) is 54.7 Å². The first-order valence-electron chi connectivity index (χ1n) is 10.3. The molecule has 31 heavy (non-hydrogen) atoms.